The SMILES string of the molecule is CCCCCc1cc(C2CCCCC2)c(O)c(C(C)(C)C)c1. The molecule has 1 nitrogen and oxygen atoms in total. The van der Waals surface area contributed by atoms with Gasteiger partial charge in [0, 0.05) is 0 Å². The monoisotopic (exact) mass is 302 g/mol. The van der Waals surface area contributed by atoms with Crippen LogP contribution >= 0.6 is 0 Å². The number of aromatic hydroxyl groups is 1. The van der Waals surface area contributed by atoms with Crippen LogP contribution < -0.4 is 0 Å². The summed E-state index contributed by atoms with van der Waals surface area (Å²) in [4.78, 5) is 0. The Hall–Kier alpha value is -0.980. The molecule has 2 rings (SSSR count). The van der Waals surface area contributed by atoms with E-state index < -0.39 is 0 Å². The maximum absolute atomic E-state index is 10.9. The number of benzene rings is 1. The third-order valence-corrected chi connectivity index (χ3v) is 5.12. The van der Waals surface area contributed by atoms with Crippen LogP contribution in [0.3, 0.4) is 0 Å². The minimum atomic E-state index is 0.00820. The Labute approximate surface area is 137 Å². The van der Waals surface area contributed by atoms with E-state index in [1.165, 1.54) is 62.5 Å². The van der Waals surface area contributed by atoms with Crippen LogP contribution in [0.25, 0.3) is 0 Å². The lowest BCUT2D eigenvalue weighted by Crippen LogP contribution is -2.14. The summed E-state index contributed by atoms with van der Waals surface area (Å²) in [7, 11) is 0. The highest BCUT2D eigenvalue weighted by molar-refractivity contribution is 5.48. The van der Waals surface area contributed by atoms with Crippen LogP contribution in [0.2, 0.25) is 0 Å². The Morgan fingerprint density at radius 3 is 2.32 bits per heavy atom. The molecule has 0 unspecified atom stereocenters. The van der Waals surface area contributed by atoms with E-state index in [0.29, 0.717) is 11.7 Å². The average Bonchev–Trinajstić information content (AvgIpc) is 2.48. The van der Waals surface area contributed by atoms with Crippen molar-refractivity contribution in [3.63, 3.8) is 0 Å². The topological polar surface area (TPSA) is 20.2 Å². The maximum Gasteiger partial charge on any atom is 0.122 e. The van der Waals surface area contributed by atoms with Gasteiger partial charge in [0.05, 0.1) is 0 Å². The second kappa shape index (κ2) is 7.53. The highest BCUT2D eigenvalue weighted by Crippen LogP contribution is 2.42. The Morgan fingerprint density at radius 2 is 1.73 bits per heavy atom. The van der Waals surface area contributed by atoms with Gasteiger partial charge in [0.2, 0.25) is 0 Å². The van der Waals surface area contributed by atoms with E-state index in [2.05, 4.69) is 39.8 Å². The van der Waals surface area contributed by atoms with Crippen molar-refractivity contribution in [2.75, 3.05) is 0 Å². The molecule has 0 radical (unpaired) electrons. The molecule has 0 saturated heterocycles. The van der Waals surface area contributed by atoms with Gasteiger partial charge in [0.1, 0.15) is 5.75 Å². The van der Waals surface area contributed by atoms with Gasteiger partial charge in [-0.25, -0.2) is 0 Å². The standard InChI is InChI=1S/C21H34O/c1-5-6-8-11-16-14-18(17-12-9-7-10-13-17)20(22)19(15-16)21(2,3)4/h14-15,17,22H,5-13H2,1-4H3. The highest BCUT2D eigenvalue weighted by atomic mass is 16.3. The fourth-order valence-electron chi connectivity index (χ4n) is 3.74. The number of hydrogen-bond donors (Lipinski definition) is 1. The summed E-state index contributed by atoms with van der Waals surface area (Å²) in [6, 6.07) is 4.58. The zero-order chi connectivity index (χ0) is 16.2. The van der Waals surface area contributed by atoms with Gasteiger partial charge in [-0.3, -0.25) is 0 Å². The van der Waals surface area contributed by atoms with E-state index in [9.17, 15) is 5.11 Å². The lowest BCUT2D eigenvalue weighted by molar-refractivity contribution is 0.402. The summed E-state index contributed by atoms with van der Waals surface area (Å²) >= 11 is 0. The van der Waals surface area contributed by atoms with Crippen LogP contribution in [0.15, 0.2) is 12.1 Å². The van der Waals surface area contributed by atoms with Crippen LogP contribution in [-0.4, -0.2) is 5.11 Å². The summed E-state index contributed by atoms with van der Waals surface area (Å²) < 4.78 is 0. The quantitative estimate of drug-likeness (QED) is 0.618. The number of hydrogen-bond acceptors (Lipinski definition) is 1. The smallest absolute Gasteiger partial charge is 0.122 e. The molecular weight excluding hydrogens is 268 g/mol. The van der Waals surface area contributed by atoms with Crippen LogP contribution in [0.1, 0.15) is 102 Å². The molecular formula is C21H34O. The summed E-state index contributed by atoms with van der Waals surface area (Å²) in [6.45, 7) is 8.89. The Bertz CT molecular complexity index is 475. The highest BCUT2D eigenvalue weighted by Gasteiger charge is 2.25. The van der Waals surface area contributed by atoms with Crippen molar-refractivity contribution < 1.29 is 5.11 Å². The molecule has 124 valence electrons. The van der Waals surface area contributed by atoms with Crippen molar-refractivity contribution in [1.29, 1.82) is 0 Å². The molecule has 1 aliphatic carbocycles. The first-order chi connectivity index (χ1) is 10.4. The van der Waals surface area contributed by atoms with Crippen LogP contribution in [0, 0.1) is 0 Å². The molecule has 1 aliphatic rings. The molecule has 22 heavy (non-hydrogen) atoms. The summed E-state index contributed by atoms with van der Waals surface area (Å²) in [5, 5.41) is 10.9. The van der Waals surface area contributed by atoms with Crippen LogP contribution in [-0.2, 0) is 11.8 Å². The minimum absolute atomic E-state index is 0.00820. The molecule has 0 amide bonds. The van der Waals surface area contributed by atoms with Crippen molar-refractivity contribution in [3.05, 3.63) is 28.8 Å². The first-order valence-corrected chi connectivity index (χ1v) is 9.29. The zero-order valence-electron chi connectivity index (χ0n) is 15.0. The maximum atomic E-state index is 10.9. The lowest BCUT2D eigenvalue weighted by Gasteiger charge is -2.28. The molecule has 0 atom stereocenters. The van der Waals surface area contributed by atoms with E-state index in [1.54, 1.807) is 0 Å². The summed E-state index contributed by atoms with van der Waals surface area (Å²) in [5.41, 5.74) is 3.81. The van der Waals surface area contributed by atoms with Gasteiger partial charge in [-0.05, 0) is 53.7 Å². The van der Waals surface area contributed by atoms with Crippen LogP contribution in [0.4, 0.5) is 0 Å². The normalized spacial score (nSPS) is 16.9. The lowest BCUT2D eigenvalue weighted by atomic mass is 9.78. The Kier molecular flexibility index (Phi) is 5.94. The summed E-state index contributed by atoms with van der Waals surface area (Å²) in [5.74, 6) is 1.15. The van der Waals surface area contributed by atoms with Crippen LogP contribution in [0.5, 0.6) is 5.75 Å². The van der Waals surface area contributed by atoms with Gasteiger partial charge >= 0.3 is 0 Å². The average molecular weight is 303 g/mol. The predicted molar refractivity (Wildman–Crippen MR) is 95.9 cm³/mol. The van der Waals surface area contributed by atoms with E-state index in [-0.39, 0.29) is 5.41 Å². The first kappa shape index (κ1) is 17.4. The fraction of sp³-hybridized carbons (Fsp3) is 0.714. The fourth-order valence-corrected chi connectivity index (χ4v) is 3.74. The third kappa shape index (κ3) is 4.27. The molecule has 0 heterocycles. The molecule has 1 N–H and O–H groups in total. The van der Waals surface area contributed by atoms with Gasteiger partial charge in [0.15, 0.2) is 0 Å². The minimum Gasteiger partial charge on any atom is -0.507 e. The van der Waals surface area contributed by atoms with Crippen molar-refractivity contribution >= 4 is 0 Å². The largest absolute Gasteiger partial charge is 0.507 e. The molecule has 0 aliphatic heterocycles. The van der Waals surface area contributed by atoms with Crippen molar-refractivity contribution in [1.82, 2.24) is 0 Å². The van der Waals surface area contributed by atoms with E-state index in [1.807, 2.05) is 0 Å². The number of phenolic OH excluding ortho intramolecular Hbond substituents is 1. The summed E-state index contributed by atoms with van der Waals surface area (Å²) in [6.07, 6.45) is 11.4. The molecule has 0 aromatic heterocycles. The number of aryl methyl sites for hydroxylation is 1. The molecule has 0 bridgehead atoms. The molecule has 1 heteroatoms. The van der Waals surface area contributed by atoms with Gasteiger partial charge in [-0.2, -0.15) is 0 Å². The second-order valence-electron chi connectivity index (χ2n) is 8.12. The second-order valence-corrected chi connectivity index (χ2v) is 8.12. The van der Waals surface area contributed by atoms with Gasteiger partial charge in [0.25, 0.3) is 0 Å². The third-order valence-electron chi connectivity index (χ3n) is 5.12. The van der Waals surface area contributed by atoms with E-state index in [4.69, 9.17) is 0 Å². The van der Waals surface area contributed by atoms with Crippen molar-refractivity contribution in [2.24, 2.45) is 0 Å². The van der Waals surface area contributed by atoms with Crippen molar-refractivity contribution in [3.8, 4) is 5.75 Å². The zero-order valence-corrected chi connectivity index (χ0v) is 15.0. The van der Waals surface area contributed by atoms with Gasteiger partial charge in [-0.1, -0.05) is 71.9 Å². The number of unbranched alkanes of at least 4 members (excludes halogenated alkanes) is 2. The van der Waals surface area contributed by atoms with Crippen molar-refractivity contribution in [2.45, 2.75) is 96.8 Å². The number of rotatable bonds is 5. The Morgan fingerprint density at radius 1 is 1.05 bits per heavy atom. The van der Waals surface area contributed by atoms with E-state index >= 15 is 0 Å². The van der Waals surface area contributed by atoms with E-state index in [0.717, 1.165) is 12.0 Å². The van der Waals surface area contributed by atoms with Gasteiger partial charge in [-0.15, -0.1) is 0 Å². The molecule has 0 spiro atoms. The molecule has 1 aromatic carbocycles. The van der Waals surface area contributed by atoms with Gasteiger partial charge < -0.3 is 5.11 Å². The first-order valence-electron chi connectivity index (χ1n) is 9.29. The number of phenols is 1. The molecule has 1 aromatic rings. The Balaban J connectivity index is 2.34. The molecule has 1 saturated carbocycles. The molecule has 1 fully saturated rings. The predicted octanol–water partition coefficient (Wildman–Crippen LogP) is 6.47.